The highest BCUT2D eigenvalue weighted by atomic mass is 16.5. The zero-order chi connectivity index (χ0) is 18.8. The van der Waals surface area contributed by atoms with Gasteiger partial charge in [0, 0.05) is 30.5 Å². The predicted molar refractivity (Wildman–Crippen MR) is 103 cm³/mol. The largest absolute Gasteiger partial charge is 0.497 e. The van der Waals surface area contributed by atoms with E-state index in [1.54, 1.807) is 23.0 Å². The molecule has 2 amide bonds. The molecule has 1 aliphatic heterocycles. The molecule has 1 saturated heterocycles. The number of rotatable bonds is 4. The maximum absolute atomic E-state index is 12.8. The van der Waals surface area contributed by atoms with Gasteiger partial charge in [-0.15, -0.1) is 0 Å². The highest BCUT2D eigenvalue weighted by Gasteiger charge is 2.28. The van der Waals surface area contributed by atoms with Crippen molar-refractivity contribution in [1.82, 2.24) is 14.8 Å². The van der Waals surface area contributed by atoms with Crippen LogP contribution in [0.5, 0.6) is 5.75 Å². The molecule has 4 rings (SSSR count). The summed E-state index contributed by atoms with van der Waals surface area (Å²) >= 11 is 0. The molecule has 2 aromatic carbocycles. The Morgan fingerprint density at radius 3 is 2.67 bits per heavy atom. The van der Waals surface area contributed by atoms with Gasteiger partial charge in [-0.3, -0.25) is 9.59 Å². The van der Waals surface area contributed by atoms with Crippen LogP contribution in [0.15, 0.2) is 54.6 Å². The molecular weight excluding hydrogens is 342 g/mol. The van der Waals surface area contributed by atoms with Gasteiger partial charge in [0.1, 0.15) is 18.0 Å². The van der Waals surface area contributed by atoms with Crippen LogP contribution in [-0.4, -0.2) is 53.3 Å². The Kier molecular flexibility index (Phi) is 4.54. The molecule has 0 unspecified atom stereocenters. The van der Waals surface area contributed by atoms with E-state index in [2.05, 4.69) is 4.98 Å². The smallest absolute Gasteiger partial charge is 0.270 e. The highest BCUT2D eigenvalue weighted by Crippen LogP contribution is 2.22. The zero-order valence-corrected chi connectivity index (χ0v) is 15.1. The van der Waals surface area contributed by atoms with E-state index >= 15 is 0 Å². The van der Waals surface area contributed by atoms with E-state index in [0.29, 0.717) is 25.3 Å². The number of aromatic nitrogens is 1. The number of benzene rings is 2. The summed E-state index contributed by atoms with van der Waals surface area (Å²) in [6.07, 6.45) is 0. The third-order valence-corrected chi connectivity index (χ3v) is 4.88. The van der Waals surface area contributed by atoms with Gasteiger partial charge in [-0.1, -0.05) is 30.3 Å². The fourth-order valence-electron chi connectivity index (χ4n) is 3.38. The number of hydrogen-bond acceptors (Lipinski definition) is 3. The molecule has 0 aliphatic carbocycles. The van der Waals surface area contributed by atoms with Crippen molar-refractivity contribution < 1.29 is 14.3 Å². The van der Waals surface area contributed by atoms with Gasteiger partial charge in [-0.05, 0) is 29.8 Å². The molecular formula is C21H21N3O3. The van der Waals surface area contributed by atoms with Crippen LogP contribution in [0.2, 0.25) is 0 Å². The number of carbonyl (C=O) groups is 2. The molecule has 138 valence electrons. The van der Waals surface area contributed by atoms with Crippen LogP contribution < -0.4 is 4.74 Å². The monoisotopic (exact) mass is 363 g/mol. The summed E-state index contributed by atoms with van der Waals surface area (Å²) in [7, 11) is 1.61. The summed E-state index contributed by atoms with van der Waals surface area (Å²) in [5.41, 5.74) is 2.45. The van der Waals surface area contributed by atoms with Crippen molar-refractivity contribution in [2.75, 3.05) is 26.7 Å². The minimum Gasteiger partial charge on any atom is -0.497 e. The molecule has 27 heavy (non-hydrogen) atoms. The Morgan fingerprint density at radius 2 is 1.93 bits per heavy atom. The summed E-state index contributed by atoms with van der Waals surface area (Å²) in [4.78, 5) is 31.9. The number of ether oxygens (including phenoxy) is 1. The average Bonchev–Trinajstić information content (AvgIpc) is 3.13. The first-order valence-corrected chi connectivity index (χ1v) is 8.92. The number of amides is 2. The second kappa shape index (κ2) is 7.15. The van der Waals surface area contributed by atoms with E-state index in [1.165, 1.54) is 0 Å². The van der Waals surface area contributed by atoms with E-state index in [9.17, 15) is 9.59 Å². The predicted octanol–water partition coefficient (Wildman–Crippen LogP) is 2.66. The summed E-state index contributed by atoms with van der Waals surface area (Å²) in [5.74, 6) is 0.555. The first-order valence-electron chi connectivity index (χ1n) is 8.92. The molecule has 0 bridgehead atoms. The molecule has 0 radical (unpaired) electrons. The van der Waals surface area contributed by atoms with Crippen molar-refractivity contribution in [3.05, 3.63) is 65.9 Å². The number of methoxy groups -OCH3 is 1. The highest BCUT2D eigenvalue weighted by molar-refractivity contribution is 6.00. The molecule has 1 aromatic heterocycles. The fourth-order valence-corrected chi connectivity index (χ4v) is 3.38. The van der Waals surface area contributed by atoms with E-state index in [0.717, 1.165) is 22.2 Å². The SMILES string of the molecule is COc1ccc2[nH]c(C(=O)N3CCN(Cc4ccccc4)C(=O)C3)cc2c1. The van der Waals surface area contributed by atoms with Gasteiger partial charge in [0.2, 0.25) is 5.91 Å². The first-order chi connectivity index (χ1) is 13.1. The quantitative estimate of drug-likeness (QED) is 0.775. The molecule has 0 spiro atoms. The lowest BCUT2D eigenvalue weighted by atomic mass is 10.2. The normalized spacial score (nSPS) is 14.6. The van der Waals surface area contributed by atoms with Gasteiger partial charge in [0.05, 0.1) is 7.11 Å². The Bertz CT molecular complexity index is 981. The number of H-pyrrole nitrogens is 1. The molecule has 1 N–H and O–H groups in total. The molecule has 3 aromatic rings. The third-order valence-electron chi connectivity index (χ3n) is 4.88. The lowest BCUT2D eigenvalue weighted by molar-refractivity contribution is -0.135. The van der Waals surface area contributed by atoms with E-state index < -0.39 is 0 Å². The molecule has 2 heterocycles. The van der Waals surface area contributed by atoms with Crippen molar-refractivity contribution >= 4 is 22.7 Å². The topological polar surface area (TPSA) is 65.6 Å². The van der Waals surface area contributed by atoms with Crippen LogP contribution in [0.25, 0.3) is 10.9 Å². The van der Waals surface area contributed by atoms with Crippen LogP contribution in [-0.2, 0) is 11.3 Å². The number of carbonyl (C=O) groups excluding carboxylic acids is 2. The maximum atomic E-state index is 12.8. The van der Waals surface area contributed by atoms with Gasteiger partial charge in [-0.25, -0.2) is 0 Å². The summed E-state index contributed by atoms with van der Waals surface area (Å²) in [6, 6.07) is 17.3. The molecule has 6 nitrogen and oxygen atoms in total. The summed E-state index contributed by atoms with van der Waals surface area (Å²) < 4.78 is 5.22. The Balaban J connectivity index is 1.45. The van der Waals surface area contributed by atoms with E-state index in [1.807, 2.05) is 48.5 Å². The van der Waals surface area contributed by atoms with Gasteiger partial charge in [-0.2, -0.15) is 0 Å². The van der Waals surface area contributed by atoms with Crippen molar-refractivity contribution in [3.63, 3.8) is 0 Å². The Hall–Kier alpha value is -3.28. The standard InChI is InChI=1S/C21H21N3O3/c1-27-17-7-8-18-16(11-17)12-19(22-18)21(26)24-10-9-23(20(25)14-24)13-15-5-3-2-4-6-15/h2-8,11-12,22H,9-10,13-14H2,1H3. The summed E-state index contributed by atoms with van der Waals surface area (Å²) in [6.45, 7) is 1.74. The Labute approximate surface area is 157 Å². The molecule has 6 heteroatoms. The number of nitrogens with one attached hydrogen (secondary N) is 1. The average molecular weight is 363 g/mol. The van der Waals surface area contributed by atoms with Gasteiger partial charge in [0.15, 0.2) is 0 Å². The van der Waals surface area contributed by atoms with Crippen molar-refractivity contribution in [2.45, 2.75) is 6.54 Å². The number of nitrogens with zero attached hydrogens (tertiary/aromatic N) is 2. The van der Waals surface area contributed by atoms with Gasteiger partial charge in [0.25, 0.3) is 5.91 Å². The summed E-state index contributed by atoms with van der Waals surface area (Å²) in [5, 5.41) is 0.909. The van der Waals surface area contributed by atoms with Crippen molar-refractivity contribution in [1.29, 1.82) is 0 Å². The van der Waals surface area contributed by atoms with Crippen LogP contribution >= 0.6 is 0 Å². The Morgan fingerprint density at radius 1 is 1.11 bits per heavy atom. The number of hydrogen-bond donors (Lipinski definition) is 1. The van der Waals surface area contributed by atoms with E-state index in [-0.39, 0.29) is 18.4 Å². The lowest BCUT2D eigenvalue weighted by Crippen LogP contribution is -2.51. The molecule has 0 atom stereocenters. The van der Waals surface area contributed by atoms with Crippen LogP contribution in [0.3, 0.4) is 0 Å². The third kappa shape index (κ3) is 3.51. The van der Waals surface area contributed by atoms with Crippen molar-refractivity contribution in [2.24, 2.45) is 0 Å². The molecule has 1 aliphatic rings. The first kappa shape index (κ1) is 17.1. The van der Waals surface area contributed by atoms with Gasteiger partial charge >= 0.3 is 0 Å². The van der Waals surface area contributed by atoms with Gasteiger partial charge < -0.3 is 19.5 Å². The fraction of sp³-hybridized carbons (Fsp3) is 0.238. The lowest BCUT2D eigenvalue weighted by Gasteiger charge is -2.34. The molecule has 0 saturated carbocycles. The number of fused-ring (bicyclic) bond motifs is 1. The van der Waals surface area contributed by atoms with Crippen LogP contribution in [0.4, 0.5) is 0 Å². The maximum Gasteiger partial charge on any atom is 0.270 e. The molecule has 1 fully saturated rings. The van der Waals surface area contributed by atoms with Crippen molar-refractivity contribution in [3.8, 4) is 5.75 Å². The second-order valence-electron chi connectivity index (χ2n) is 6.66. The van der Waals surface area contributed by atoms with Crippen LogP contribution in [0, 0.1) is 0 Å². The van der Waals surface area contributed by atoms with E-state index in [4.69, 9.17) is 4.74 Å². The van der Waals surface area contributed by atoms with Crippen LogP contribution in [0.1, 0.15) is 16.1 Å². The second-order valence-corrected chi connectivity index (χ2v) is 6.66. The number of piperazine rings is 1. The zero-order valence-electron chi connectivity index (χ0n) is 15.1. The minimum atomic E-state index is -0.155. The number of aromatic amines is 1. The minimum absolute atomic E-state index is 0.0313.